The molecule has 2 amide bonds. The third kappa shape index (κ3) is 3.44. The number of hydrogen-bond acceptors (Lipinski definition) is 4. The molecule has 1 aliphatic heterocycles. The summed E-state index contributed by atoms with van der Waals surface area (Å²) in [5.74, 6) is 0.232. The molecule has 114 valence electrons. The van der Waals surface area contributed by atoms with E-state index in [9.17, 15) is 9.59 Å². The van der Waals surface area contributed by atoms with Crippen molar-refractivity contribution >= 4 is 23.2 Å². The lowest BCUT2D eigenvalue weighted by Crippen LogP contribution is -2.55. The number of nitrogens with zero attached hydrogens (tertiary/aromatic N) is 2. The maximum absolute atomic E-state index is 12.3. The first-order valence-electron chi connectivity index (χ1n) is 7.52. The quantitative estimate of drug-likeness (QED) is 0.908. The van der Waals surface area contributed by atoms with Gasteiger partial charge in [-0.3, -0.25) is 14.5 Å². The van der Waals surface area contributed by atoms with Gasteiger partial charge < -0.3 is 10.2 Å². The second-order valence-electron chi connectivity index (χ2n) is 5.76. The third-order valence-corrected chi connectivity index (χ3v) is 5.04. The van der Waals surface area contributed by atoms with E-state index in [4.69, 9.17) is 0 Å². The smallest absolute Gasteiger partial charge is 0.264 e. The van der Waals surface area contributed by atoms with Crippen molar-refractivity contribution in [3.63, 3.8) is 0 Å². The zero-order chi connectivity index (χ0) is 14.8. The molecule has 0 spiro atoms. The molecule has 2 fully saturated rings. The topological polar surface area (TPSA) is 52.7 Å². The van der Waals surface area contributed by atoms with Crippen molar-refractivity contribution in [3.05, 3.63) is 22.4 Å². The van der Waals surface area contributed by atoms with Crippen LogP contribution in [0.1, 0.15) is 29.4 Å². The number of carbonyl (C=O) groups is 2. The summed E-state index contributed by atoms with van der Waals surface area (Å²) < 4.78 is 0. The number of piperazine rings is 1. The Hall–Kier alpha value is -1.40. The van der Waals surface area contributed by atoms with Crippen LogP contribution in [-0.4, -0.2) is 59.9 Å². The molecule has 1 unspecified atom stereocenters. The molecule has 2 heterocycles. The lowest BCUT2D eigenvalue weighted by atomic mass is 10.2. The summed E-state index contributed by atoms with van der Waals surface area (Å²) in [6.07, 6.45) is 2.23. The van der Waals surface area contributed by atoms with Gasteiger partial charge in [-0.2, -0.15) is 0 Å². The summed E-state index contributed by atoms with van der Waals surface area (Å²) in [5.41, 5.74) is 0. The van der Waals surface area contributed by atoms with Gasteiger partial charge in [0.25, 0.3) is 5.91 Å². The molecule has 1 aromatic rings. The van der Waals surface area contributed by atoms with Gasteiger partial charge in [0.05, 0.1) is 10.9 Å². The molecule has 3 rings (SSSR count). The van der Waals surface area contributed by atoms with Crippen molar-refractivity contribution in [2.45, 2.75) is 31.8 Å². The predicted octanol–water partition coefficient (Wildman–Crippen LogP) is 1.17. The Bertz CT molecular complexity index is 505. The number of amides is 2. The van der Waals surface area contributed by atoms with Crippen LogP contribution >= 0.6 is 11.3 Å². The van der Waals surface area contributed by atoms with E-state index in [2.05, 4.69) is 10.2 Å². The maximum atomic E-state index is 12.3. The van der Waals surface area contributed by atoms with E-state index >= 15 is 0 Å². The van der Waals surface area contributed by atoms with Crippen LogP contribution in [0.3, 0.4) is 0 Å². The predicted molar refractivity (Wildman–Crippen MR) is 82.4 cm³/mol. The molecule has 1 N–H and O–H groups in total. The van der Waals surface area contributed by atoms with Crippen LogP contribution in [0.25, 0.3) is 0 Å². The van der Waals surface area contributed by atoms with E-state index in [1.165, 1.54) is 11.3 Å². The Kier molecular flexibility index (Phi) is 4.26. The highest BCUT2D eigenvalue weighted by Gasteiger charge is 2.31. The van der Waals surface area contributed by atoms with Gasteiger partial charge in [0.2, 0.25) is 5.91 Å². The Morgan fingerprint density at radius 2 is 2.00 bits per heavy atom. The van der Waals surface area contributed by atoms with Crippen molar-refractivity contribution in [1.82, 2.24) is 15.1 Å². The highest BCUT2D eigenvalue weighted by atomic mass is 32.1. The standard InChI is InChI=1S/C15H21N3O2S/c1-11(14(19)16-12-4-5-12)17-6-8-18(9-7-17)15(20)13-3-2-10-21-13/h2-3,10-12H,4-9H2,1H3,(H,16,19). The van der Waals surface area contributed by atoms with Crippen molar-refractivity contribution in [1.29, 1.82) is 0 Å². The number of hydrogen-bond donors (Lipinski definition) is 1. The first kappa shape index (κ1) is 14.5. The summed E-state index contributed by atoms with van der Waals surface area (Å²) in [7, 11) is 0. The van der Waals surface area contributed by atoms with Gasteiger partial charge in [-0.25, -0.2) is 0 Å². The molecule has 2 aliphatic rings. The summed E-state index contributed by atoms with van der Waals surface area (Å²) >= 11 is 1.48. The molecular formula is C15H21N3O2S. The molecule has 0 radical (unpaired) electrons. The second-order valence-corrected chi connectivity index (χ2v) is 6.71. The zero-order valence-electron chi connectivity index (χ0n) is 12.2. The Morgan fingerprint density at radius 3 is 2.57 bits per heavy atom. The fraction of sp³-hybridized carbons (Fsp3) is 0.600. The third-order valence-electron chi connectivity index (χ3n) is 4.18. The molecule has 1 saturated carbocycles. The average molecular weight is 307 g/mol. The number of thiophene rings is 1. The van der Waals surface area contributed by atoms with Crippen LogP contribution in [-0.2, 0) is 4.79 Å². The normalized spacial score (nSPS) is 21.1. The van der Waals surface area contributed by atoms with Crippen LogP contribution < -0.4 is 5.32 Å². The molecular weight excluding hydrogens is 286 g/mol. The minimum Gasteiger partial charge on any atom is -0.352 e. The highest BCUT2D eigenvalue weighted by Crippen LogP contribution is 2.19. The van der Waals surface area contributed by atoms with Gasteiger partial charge >= 0.3 is 0 Å². The summed E-state index contributed by atoms with van der Waals surface area (Å²) in [6.45, 7) is 4.86. The fourth-order valence-electron chi connectivity index (χ4n) is 2.58. The molecule has 5 nitrogen and oxygen atoms in total. The summed E-state index contributed by atoms with van der Waals surface area (Å²) in [5, 5.41) is 4.97. The molecule has 0 aromatic carbocycles. The first-order valence-corrected chi connectivity index (χ1v) is 8.40. The average Bonchev–Trinajstić information content (AvgIpc) is 3.15. The molecule has 6 heteroatoms. The molecule has 0 bridgehead atoms. The largest absolute Gasteiger partial charge is 0.352 e. The monoisotopic (exact) mass is 307 g/mol. The van der Waals surface area contributed by atoms with Crippen LogP contribution in [0, 0.1) is 0 Å². The Balaban J connectivity index is 1.50. The van der Waals surface area contributed by atoms with E-state index in [1.807, 2.05) is 29.3 Å². The number of nitrogens with one attached hydrogen (secondary N) is 1. The highest BCUT2D eigenvalue weighted by molar-refractivity contribution is 7.12. The first-order chi connectivity index (χ1) is 10.1. The van der Waals surface area contributed by atoms with Crippen molar-refractivity contribution < 1.29 is 9.59 Å². The SMILES string of the molecule is CC(C(=O)NC1CC1)N1CCN(C(=O)c2cccs2)CC1. The van der Waals surface area contributed by atoms with Gasteiger partial charge in [0.15, 0.2) is 0 Å². The minimum absolute atomic E-state index is 0.107. The van der Waals surface area contributed by atoms with Crippen LogP contribution in [0.2, 0.25) is 0 Å². The molecule has 1 atom stereocenters. The molecule has 1 saturated heterocycles. The van der Waals surface area contributed by atoms with Crippen LogP contribution in [0.5, 0.6) is 0 Å². The second kappa shape index (κ2) is 6.15. The molecule has 1 aliphatic carbocycles. The summed E-state index contributed by atoms with van der Waals surface area (Å²) in [6, 6.07) is 4.06. The van der Waals surface area contributed by atoms with Crippen LogP contribution in [0.15, 0.2) is 17.5 Å². The van der Waals surface area contributed by atoms with E-state index in [1.54, 1.807) is 0 Å². The van der Waals surface area contributed by atoms with Gasteiger partial charge in [-0.05, 0) is 31.2 Å². The number of carbonyl (C=O) groups excluding carboxylic acids is 2. The Morgan fingerprint density at radius 1 is 1.29 bits per heavy atom. The fourth-order valence-corrected chi connectivity index (χ4v) is 3.27. The lowest BCUT2D eigenvalue weighted by molar-refractivity contribution is -0.126. The van der Waals surface area contributed by atoms with Gasteiger partial charge in [0.1, 0.15) is 0 Å². The number of rotatable bonds is 4. The van der Waals surface area contributed by atoms with Gasteiger partial charge in [0, 0.05) is 32.2 Å². The van der Waals surface area contributed by atoms with E-state index in [0.29, 0.717) is 19.1 Å². The van der Waals surface area contributed by atoms with Crippen molar-refractivity contribution in [2.24, 2.45) is 0 Å². The van der Waals surface area contributed by atoms with E-state index in [0.717, 1.165) is 30.8 Å². The van der Waals surface area contributed by atoms with Crippen molar-refractivity contribution in [2.75, 3.05) is 26.2 Å². The maximum Gasteiger partial charge on any atom is 0.264 e. The minimum atomic E-state index is -0.107. The van der Waals surface area contributed by atoms with Gasteiger partial charge in [-0.15, -0.1) is 11.3 Å². The van der Waals surface area contributed by atoms with Crippen LogP contribution in [0.4, 0.5) is 0 Å². The summed E-state index contributed by atoms with van der Waals surface area (Å²) in [4.78, 5) is 29.2. The van der Waals surface area contributed by atoms with Gasteiger partial charge in [-0.1, -0.05) is 6.07 Å². The van der Waals surface area contributed by atoms with E-state index < -0.39 is 0 Å². The molecule has 21 heavy (non-hydrogen) atoms. The van der Waals surface area contributed by atoms with Crippen molar-refractivity contribution in [3.8, 4) is 0 Å². The lowest BCUT2D eigenvalue weighted by Gasteiger charge is -2.37. The van der Waals surface area contributed by atoms with E-state index in [-0.39, 0.29) is 17.9 Å². The zero-order valence-corrected chi connectivity index (χ0v) is 13.1. The Labute approximate surface area is 128 Å². The molecule has 1 aromatic heterocycles.